The first kappa shape index (κ1) is 15.6. The third-order valence-electron chi connectivity index (χ3n) is 3.61. The summed E-state index contributed by atoms with van der Waals surface area (Å²) < 4.78 is 32.0. The molecule has 0 saturated carbocycles. The summed E-state index contributed by atoms with van der Waals surface area (Å²) in [5, 5.41) is 0.205. The normalized spacial score (nSPS) is 21.1. The van der Waals surface area contributed by atoms with Crippen molar-refractivity contribution < 1.29 is 13.2 Å². The van der Waals surface area contributed by atoms with Gasteiger partial charge in [0.25, 0.3) is 0 Å². The van der Waals surface area contributed by atoms with E-state index in [0.29, 0.717) is 18.8 Å². The van der Waals surface area contributed by atoms with Crippen molar-refractivity contribution in [3.63, 3.8) is 0 Å². The summed E-state index contributed by atoms with van der Waals surface area (Å²) in [6.45, 7) is 2.62. The van der Waals surface area contributed by atoms with Crippen molar-refractivity contribution in [1.29, 1.82) is 0 Å². The molecule has 1 aromatic rings. The summed E-state index contributed by atoms with van der Waals surface area (Å²) in [5.41, 5.74) is 6.99. The minimum absolute atomic E-state index is 0.0685. The second-order valence-electron chi connectivity index (χ2n) is 5.00. The van der Waals surface area contributed by atoms with Crippen molar-refractivity contribution in [2.45, 2.75) is 30.8 Å². The first-order valence-electron chi connectivity index (χ1n) is 6.45. The standard InChI is InChI=1S/C13H19ClN2O3S/c1-9-6-11(14)13(7-12(9)15)20(17,18)16-5-3-4-10(8-16)19-2/h6-7,10H,3-5,8,15H2,1-2H3. The SMILES string of the molecule is COC1CCCN(S(=O)(=O)c2cc(N)c(C)cc2Cl)C1. The molecule has 0 amide bonds. The summed E-state index contributed by atoms with van der Waals surface area (Å²) in [6, 6.07) is 3.02. The van der Waals surface area contributed by atoms with E-state index in [1.807, 2.05) is 0 Å². The average Bonchev–Trinajstić information content (AvgIpc) is 2.42. The van der Waals surface area contributed by atoms with Crippen LogP contribution in [0.5, 0.6) is 0 Å². The Morgan fingerprint density at radius 2 is 2.15 bits per heavy atom. The van der Waals surface area contributed by atoms with Crippen LogP contribution in [0.1, 0.15) is 18.4 Å². The molecule has 1 aromatic carbocycles. The Labute approximate surface area is 124 Å². The average molecular weight is 319 g/mol. The fourth-order valence-corrected chi connectivity index (χ4v) is 4.42. The van der Waals surface area contributed by atoms with Crippen LogP contribution < -0.4 is 5.73 Å². The molecule has 7 heteroatoms. The zero-order valence-corrected chi connectivity index (χ0v) is 13.2. The monoisotopic (exact) mass is 318 g/mol. The molecule has 2 N–H and O–H groups in total. The fraction of sp³-hybridized carbons (Fsp3) is 0.538. The van der Waals surface area contributed by atoms with Gasteiger partial charge >= 0.3 is 0 Å². The van der Waals surface area contributed by atoms with Gasteiger partial charge < -0.3 is 10.5 Å². The first-order valence-corrected chi connectivity index (χ1v) is 8.26. The number of methoxy groups -OCH3 is 1. The number of rotatable bonds is 3. The van der Waals surface area contributed by atoms with Gasteiger partial charge in [0, 0.05) is 25.9 Å². The quantitative estimate of drug-likeness (QED) is 0.865. The summed E-state index contributed by atoms with van der Waals surface area (Å²) >= 11 is 6.08. The molecule has 0 bridgehead atoms. The Morgan fingerprint density at radius 1 is 1.45 bits per heavy atom. The molecular weight excluding hydrogens is 300 g/mol. The maximum absolute atomic E-state index is 12.7. The van der Waals surface area contributed by atoms with E-state index < -0.39 is 10.0 Å². The van der Waals surface area contributed by atoms with Gasteiger partial charge in [0.2, 0.25) is 10.0 Å². The van der Waals surface area contributed by atoms with Crippen molar-refractivity contribution in [3.05, 3.63) is 22.7 Å². The lowest BCUT2D eigenvalue weighted by molar-refractivity contribution is 0.0572. The minimum atomic E-state index is -3.63. The van der Waals surface area contributed by atoms with Gasteiger partial charge in [-0.05, 0) is 37.5 Å². The lowest BCUT2D eigenvalue weighted by atomic mass is 10.1. The number of sulfonamides is 1. The summed E-state index contributed by atoms with van der Waals surface area (Å²) in [5.74, 6) is 0. The number of hydrogen-bond acceptors (Lipinski definition) is 4. The molecule has 1 unspecified atom stereocenters. The molecule has 2 rings (SSSR count). The van der Waals surface area contributed by atoms with E-state index in [0.717, 1.165) is 18.4 Å². The molecule has 0 aliphatic carbocycles. The number of hydrogen-bond donors (Lipinski definition) is 1. The molecule has 112 valence electrons. The van der Waals surface area contributed by atoms with E-state index in [4.69, 9.17) is 22.1 Å². The third kappa shape index (κ3) is 2.93. The Kier molecular flexibility index (Phi) is 4.59. The van der Waals surface area contributed by atoms with E-state index in [1.54, 1.807) is 20.1 Å². The van der Waals surface area contributed by atoms with Crippen molar-refractivity contribution in [2.75, 3.05) is 25.9 Å². The maximum Gasteiger partial charge on any atom is 0.244 e. The Balaban J connectivity index is 2.37. The van der Waals surface area contributed by atoms with Crippen molar-refractivity contribution in [3.8, 4) is 0 Å². The van der Waals surface area contributed by atoms with E-state index in [9.17, 15) is 8.42 Å². The molecular formula is C13H19ClN2O3S. The zero-order valence-electron chi connectivity index (χ0n) is 11.6. The Bertz CT molecular complexity index is 604. The van der Waals surface area contributed by atoms with Gasteiger partial charge in [0.05, 0.1) is 11.1 Å². The number of aryl methyl sites for hydroxylation is 1. The van der Waals surface area contributed by atoms with Crippen LogP contribution in [0.2, 0.25) is 5.02 Å². The van der Waals surface area contributed by atoms with Crippen LogP contribution in [0.25, 0.3) is 0 Å². The molecule has 1 saturated heterocycles. The molecule has 1 heterocycles. The summed E-state index contributed by atoms with van der Waals surface area (Å²) in [4.78, 5) is 0.0685. The number of anilines is 1. The van der Waals surface area contributed by atoms with Crippen LogP contribution in [-0.4, -0.2) is 39.0 Å². The first-order chi connectivity index (χ1) is 9.36. The number of benzene rings is 1. The van der Waals surface area contributed by atoms with Crippen LogP contribution in [0.3, 0.4) is 0 Å². The molecule has 1 atom stereocenters. The smallest absolute Gasteiger partial charge is 0.244 e. The van der Waals surface area contributed by atoms with E-state index in [1.165, 1.54) is 10.4 Å². The highest BCUT2D eigenvalue weighted by Crippen LogP contribution is 2.30. The molecule has 0 aromatic heterocycles. The van der Waals surface area contributed by atoms with Gasteiger partial charge in [-0.15, -0.1) is 0 Å². The third-order valence-corrected chi connectivity index (χ3v) is 5.94. The zero-order chi connectivity index (χ0) is 14.9. The molecule has 1 aliphatic rings. The predicted octanol–water partition coefficient (Wildman–Crippen LogP) is 2.03. The topological polar surface area (TPSA) is 72.6 Å². The molecule has 1 aliphatic heterocycles. The summed E-state index contributed by atoms with van der Waals surface area (Å²) in [6.07, 6.45) is 1.57. The lowest BCUT2D eigenvalue weighted by Gasteiger charge is -2.31. The van der Waals surface area contributed by atoms with Crippen LogP contribution >= 0.6 is 11.6 Å². The number of ether oxygens (including phenoxy) is 1. The second-order valence-corrected chi connectivity index (χ2v) is 7.32. The van der Waals surface area contributed by atoms with Crippen LogP contribution in [0.4, 0.5) is 5.69 Å². The predicted molar refractivity (Wildman–Crippen MR) is 79.4 cm³/mol. The molecule has 0 spiro atoms. The number of piperidine rings is 1. The highest BCUT2D eigenvalue weighted by molar-refractivity contribution is 7.89. The van der Waals surface area contributed by atoms with E-state index >= 15 is 0 Å². The van der Waals surface area contributed by atoms with Gasteiger partial charge in [-0.25, -0.2) is 8.42 Å². The number of nitrogens with two attached hydrogens (primary N) is 1. The minimum Gasteiger partial charge on any atom is -0.398 e. The van der Waals surface area contributed by atoms with E-state index in [-0.39, 0.29) is 16.0 Å². The highest BCUT2D eigenvalue weighted by Gasteiger charge is 2.32. The van der Waals surface area contributed by atoms with Gasteiger partial charge in [0.1, 0.15) is 4.90 Å². The molecule has 5 nitrogen and oxygen atoms in total. The van der Waals surface area contributed by atoms with Crippen molar-refractivity contribution >= 4 is 27.3 Å². The Morgan fingerprint density at radius 3 is 2.80 bits per heavy atom. The second kappa shape index (κ2) is 5.89. The van der Waals surface area contributed by atoms with E-state index in [2.05, 4.69) is 0 Å². The Hall–Kier alpha value is -0.820. The van der Waals surface area contributed by atoms with Gasteiger partial charge in [-0.3, -0.25) is 0 Å². The molecule has 20 heavy (non-hydrogen) atoms. The van der Waals surface area contributed by atoms with Gasteiger partial charge in [-0.2, -0.15) is 4.31 Å². The molecule has 1 fully saturated rings. The van der Waals surface area contributed by atoms with Gasteiger partial charge in [0.15, 0.2) is 0 Å². The fourth-order valence-electron chi connectivity index (χ4n) is 2.32. The molecule has 0 radical (unpaired) electrons. The summed E-state index contributed by atoms with van der Waals surface area (Å²) in [7, 11) is -2.04. The lowest BCUT2D eigenvalue weighted by Crippen LogP contribution is -2.42. The van der Waals surface area contributed by atoms with Crippen molar-refractivity contribution in [1.82, 2.24) is 4.31 Å². The van der Waals surface area contributed by atoms with Crippen LogP contribution in [0.15, 0.2) is 17.0 Å². The number of nitrogen functional groups attached to an aromatic ring is 1. The van der Waals surface area contributed by atoms with Gasteiger partial charge in [-0.1, -0.05) is 11.6 Å². The van der Waals surface area contributed by atoms with Crippen molar-refractivity contribution in [2.24, 2.45) is 0 Å². The number of halogens is 1. The highest BCUT2D eigenvalue weighted by atomic mass is 35.5. The maximum atomic E-state index is 12.7. The van der Waals surface area contributed by atoms with Crippen LogP contribution in [0, 0.1) is 6.92 Å². The largest absolute Gasteiger partial charge is 0.398 e. The number of nitrogens with zero attached hydrogens (tertiary/aromatic N) is 1. The van der Waals surface area contributed by atoms with Crippen LogP contribution in [-0.2, 0) is 14.8 Å².